The van der Waals surface area contributed by atoms with Crippen molar-refractivity contribution in [2.45, 2.75) is 25.7 Å². The van der Waals surface area contributed by atoms with Gasteiger partial charge in [0.25, 0.3) is 0 Å². The average molecular weight is 190 g/mol. The van der Waals surface area contributed by atoms with Crippen molar-refractivity contribution in [1.29, 1.82) is 5.41 Å². The van der Waals surface area contributed by atoms with E-state index in [9.17, 15) is 0 Å². The van der Waals surface area contributed by atoms with Crippen LogP contribution < -0.4 is 11.5 Å². The van der Waals surface area contributed by atoms with Crippen LogP contribution in [0.2, 0.25) is 0 Å². The minimum Gasteiger partial charge on any atom is -0.384 e. The maximum atomic E-state index is 7.35. The number of nitrogens with zero attached hydrogens (tertiary/aromatic N) is 1. The maximum Gasteiger partial charge on any atom is 0.134 e. The fourth-order valence-corrected chi connectivity index (χ4v) is 1.87. The smallest absolute Gasteiger partial charge is 0.134 e. The van der Waals surface area contributed by atoms with Crippen molar-refractivity contribution in [3.8, 4) is 0 Å². The van der Waals surface area contributed by atoms with E-state index in [0.29, 0.717) is 11.4 Å². The van der Waals surface area contributed by atoms with Crippen LogP contribution in [-0.2, 0) is 12.8 Å². The van der Waals surface area contributed by atoms with Crippen LogP contribution in [0.4, 0.5) is 5.82 Å². The van der Waals surface area contributed by atoms with Gasteiger partial charge in [-0.25, -0.2) is 4.98 Å². The lowest BCUT2D eigenvalue weighted by Crippen LogP contribution is -2.17. The Hall–Kier alpha value is -1.58. The van der Waals surface area contributed by atoms with Crippen molar-refractivity contribution in [3.05, 3.63) is 22.9 Å². The van der Waals surface area contributed by atoms with Gasteiger partial charge < -0.3 is 11.5 Å². The molecule has 0 aromatic carbocycles. The largest absolute Gasteiger partial charge is 0.384 e. The Labute approximate surface area is 82.8 Å². The molecule has 0 fully saturated rings. The fourth-order valence-electron chi connectivity index (χ4n) is 1.87. The topological polar surface area (TPSA) is 88.8 Å². The number of hydrogen-bond donors (Lipinski definition) is 3. The number of nitrogens with one attached hydrogen (secondary N) is 1. The van der Waals surface area contributed by atoms with Gasteiger partial charge in [-0.15, -0.1) is 0 Å². The highest BCUT2D eigenvalue weighted by molar-refractivity contribution is 5.99. The Kier molecular flexibility index (Phi) is 2.11. The van der Waals surface area contributed by atoms with Gasteiger partial charge in [-0.3, -0.25) is 5.41 Å². The lowest BCUT2D eigenvalue weighted by atomic mass is 9.94. The Morgan fingerprint density at radius 2 is 2.07 bits per heavy atom. The van der Waals surface area contributed by atoms with Gasteiger partial charge in [-0.05, 0) is 37.3 Å². The zero-order chi connectivity index (χ0) is 10.1. The number of nitrogens with two attached hydrogens (primary N) is 2. The Balaban J connectivity index is 2.50. The van der Waals surface area contributed by atoms with Gasteiger partial charge in [0.2, 0.25) is 0 Å². The van der Waals surface area contributed by atoms with Gasteiger partial charge >= 0.3 is 0 Å². The first kappa shape index (κ1) is 8.99. The first-order chi connectivity index (χ1) is 6.68. The van der Waals surface area contributed by atoms with Crippen LogP contribution in [0.1, 0.15) is 29.7 Å². The van der Waals surface area contributed by atoms with Crippen molar-refractivity contribution in [2.24, 2.45) is 5.73 Å². The number of nitrogen functional groups attached to an aromatic ring is 2. The summed E-state index contributed by atoms with van der Waals surface area (Å²) in [6.45, 7) is 0. The van der Waals surface area contributed by atoms with Crippen molar-refractivity contribution in [1.82, 2.24) is 4.98 Å². The third kappa shape index (κ3) is 1.43. The summed E-state index contributed by atoms with van der Waals surface area (Å²) in [4.78, 5) is 4.29. The molecule has 0 saturated carbocycles. The standard InChI is InChI=1S/C10H14N4/c11-9(12)7-5-6-3-1-2-4-8(6)14-10(7)13/h5H,1-4H2,(H3,11,12)(H2,13,14). The summed E-state index contributed by atoms with van der Waals surface area (Å²) >= 11 is 0. The second-order valence-electron chi connectivity index (χ2n) is 3.65. The summed E-state index contributed by atoms with van der Waals surface area (Å²) < 4.78 is 0. The van der Waals surface area contributed by atoms with Crippen molar-refractivity contribution in [3.63, 3.8) is 0 Å². The quantitative estimate of drug-likeness (QED) is 0.452. The molecule has 14 heavy (non-hydrogen) atoms. The van der Waals surface area contributed by atoms with E-state index in [2.05, 4.69) is 4.98 Å². The number of fused-ring (bicyclic) bond motifs is 1. The van der Waals surface area contributed by atoms with E-state index >= 15 is 0 Å². The lowest BCUT2D eigenvalue weighted by Gasteiger charge is -2.16. The highest BCUT2D eigenvalue weighted by Gasteiger charge is 2.14. The molecule has 4 nitrogen and oxygen atoms in total. The minimum absolute atomic E-state index is 0.00312. The summed E-state index contributed by atoms with van der Waals surface area (Å²) in [5.74, 6) is 0.390. The van der Waals surface area contributed by atoms with Crippen LogP contribution >= 0.6 is 0 Å². The molecule has 0 saturated heterocycles. The highest BCUT2D eigenvalue weighted by Crippen LogP contribution is 2.22. The zero-order valence-corrected chi connectivity index (χ0v) is 8.01. The van der Waals surface area contributed by atoms with Crippen LogP contribution in [0.5, 0.6) is 0 Å². The Morgan fingerprint density at radius 1 is 1.36 bits per heavy atom. The maximum absolute atomic E-state index is 7.35. The SMILES string of the molecule is N=C(N)c1cc2c(nc1N)CCCC2. The molecule has 5 N–H and O–H groups in total. The van der Waals surface area contributed by atoms with Crippen LogP contribution in [0.3, 0.4) is 0 Å². The third-order valence-electron chi connectivity index (χ3n) is 2.62. The second-order valence-corrected chi connectivity index (χ2v) is 3.65. The normalized spacial score (nSPS) is 14.9. The molecule has 0 aliphatic heterocycles. The van der Waals surface area contributed by atoms with Crippen LogP contribution in [0.15, 0.2) is 6.07 Å². The molecule has 4 heteroatoms. The first-order valence-corrected chi connectivity index (χ1v) is 4.81. The number of anilines is 1. The van der Waals surface area contributed by atoms with Crippen molar-refractivity contribution in [2.75, 3.05) is 5.73 Å². The second kappa shape index (κ2) is 3.29. The monoisotopic (exact) mass is 190 g/mol. The zero-order valence-electron chi connectivity index (χ0n) is 8.01. The molecule has 0 amide bonds. The molecule has 1 aliphatic carbocycles. The molecule has 0 radical (unpaired) electrons. The molecule has 0 spiro atoms. The number of aryl methyl sites for hydroxylation is 2. The minimum atomic E-state index is 0.00312. The first-order valence-electron chi connectivity index (χ1n) is 4.81. The summed E-state index contributed by atoms with van der Waals surface area (Å²) in [7, 11) is 0. The van der Waals surface area contributed by atoms with Crippen LogP contribution in [0, 0.1) is 5.41 Å². The number of rotatable bonds is 1. The summed E-state index contributed by atoms with van der Waals surface area (Å²) in [5.41, 5.74) is 14.0. The molecule has 1 aromatic heterocycles. The lowest BCUT2D eigenvalue weighted by molar-refractivity contribution is 0.668. The molecule has 74 valence electrons. The highest BCUT2D eigenvalue weighted by atomic mass is 14.9. The van der Waals surface area contributed by atoms with E-state index in [-0.39, 0.29) is 5.84 Å². The Bertz CT molecular complexity index is 384. The third-order valence-corrected chi connectivity index (χ3v) is 2.62. The number of hydrogen-bond acceptors (Lipinski definition) is 3. The molecule has 0 atom stereocenters. The molecule has 2 rings (SSSR count). The fraction of sp³-hybridized carbons (Fsp3) is 0.400. The van der Waals surface area contributed by atoms with Gasteiger partial charge in [0, 0.05) is 5.69 Å². The van der Waals surface area contributed by atoms with Crippen molar-refractivity contribution >= 4 is 11.7 Å². The molecule has 1 aliphatic rings. The molecule has 1 aromatic rings. The van der Waals surface area contributed by atoms with E-state index in [1.165, 1.54) is 18.4 Å². The summed E-state index contributed by atoms with van der Waals surface area (Å²) in [6, 6.07) is 1.92. The van der Waals surface area contributed by atoms with Gasteiger partial charge in [-0.2, -0.15) is 0 Å². The van der Waals surface area contributed by atoms with E-state index < -0.39 is 0 Å². The van der Waals surface area contributed by atoms with E-state index in [1.54, 1.807) is 0 Å². The predicted octanol–water partition coefficient (Wildman–Crippen LogP) is 0.827. The van der Waals surface area contributed by atoms with Gasteiger partial charge in [-0.1, -0.05) is 0 Å². The number of aromatic nitrogens is 1. The molecule has 1 heterocycles. The van der Waals surface area contributed by atoms with Crippen LogP contribution in [0.25, 0.3) is 0 Å². The van der Waals surface area contributed by atoms with Gasteiger partial charge in [0.1, 0.15) is 11.7 Å². The molecule has 0 bridgehead atoms. The van der Waals surface area contributed by atoms with Gasteiger partial charge in [0.15, 0.2) is 0 Å². The van der Waals surface area contributed by atoms with Gasteiger partial charge in [0.05, 0.1) is 5.56 Å². The average Bonchev–Trinajstić information content (AvgIpc) is 2.16. The van der Waals surface area contributed by atoms with E-state index in [4.69, 9.17) is 16.9 Å². The molecule has 0 unspecified atom stereocenters. The van der Waals surface area contributed by atoms with E-state index in [0.717, 1.165) is 18.5 Å². The number of pyridine rings is 1. The van der Waals surface area contributed by atoms with Crippen molar-refractivity contribution < 1.29 is 0 Å². The Morgan fingerprint density at radius 3 is 2.79 bits per heavy atom. The van der Waals surface area contributed by atoms with Crippen LogP contribution in [-0.4, -0.2) is 10.8 Å². The molecular formula is C10H14N4. The molecular weight excluding hydrogens is 176 g/mol. The van der Waals surface area contributed by atoms with E-state index in [1.807, 2.05) is 6.07 Å². The number of amidine groups is 1. The summed E-state index contributed by atoms with van der Waals surface area (Å²) in [6.07, 6.45) is 4.40. The predicted molar refractivity (Wildman–Crippen MR) is 56.3 cm³/mol. The summed E-state index contributed by atoms with van der Waals surface area (Å²) in [5, 5.41) is 7.35.